The number of benzene rings is 1. The fraction of sp³-hybridized carbons (Fsp3) is 0.400. The summed E-state index contributed by atoms with van der Waals surface area (Å²) in [6.07, 6.45) is 1.88. The quantitative estimate of drug-likeness (QED) is 0.456. The highest BCUT2D eigenvalue weighted by molar-refractivity contribution is 14.1. The molecule has 25 heavy (non-hydrogen) atoms. The molecule has 1 saturated heterocycles. The smallest absolute Gasteiger partial charge is 0.263 e. The molecule has 1 aliphatic heterocycles. The summed E-state index contributed by atoms with van der Waals surface area (Å²) >= 11 is 9.93. The van der Waals surface area contributed by atoms with Crippen LogP contribution in [0.5, 0.6) is 5.75 Å². The van der Waals surface area contributed by atoms with E-state index in [1.165, 1.54) is 23.5 Å². The molecule has 0 radical (unpaired) electrons. The summed E-state index contributed by atoms with van der Waals surface area (Å²) in [6.45, 7) is 0.903. The number of hydrogen-bond donors (Lipinski definition) is 2. The summed E-state index contributed by atoms with van der Waals surface area (Å²) in [5.41, 5.74) is 1.56. The summed E-state index contributed by atoms with van der Waals surface area (Å²) in [7, 11) is -3.73. The van der Waals surface area contributed by atoms with E-state index in [0.717, 1.165) is 23.8 Å². The number of aromatic nitrogens is 1. The number of nitrogens with one attached hydrogen (secondary N) is 2. The molecule has 0 unspecified atom stereocenters. The van der Waals surface area contributed by atoms with E-state index in [1.54, 1.807) is 17.0 Å². The zero-order chi connectivity index (χ0) is 17.9. The number of piperidine rings is 1. The van der Waals surface area contributed by atoms with E-state index in [9.17, 15) is 8.42 Å². The van der Waals surface area contributed by atoms with Crippen molar-refractivity contribution in [3.05, 3.63) is 34.1 Å². The van der Waals surface area contributed by atoms with Gasteiger partial charge >= 0.3 is 0 Å². The molecular formula is C15H17ClIN3O3S2. The van der Waals surface area contributed by atoms with Gasteiger partial charge in [0.05, 0.1) is 15.4 Å². The van der Waals surface area contributed by atoms with E-state index in [-0.39, 0.29) is 16.0 Å². The van der Waals surface area contributed by atoms with Crippen molar-refractivity contribution in [2.24, 2.45) is 0 Å². The number of hydrogen-bond acceptors (Lipinski definition) is 6. The van der Waals surface area contributed by atoms with Crippen LogP contribution in [0.25, 0.3) is 0 Å². The van der Waals surface area contributed by atoms with Crippen LogP contribution in [0.3, 0.4) is 0 Å². The Bertz CT molecular complexity index is 817. The maximum absolute atomic E-state index is 12.4. The Labute approximate surface area is 169 Å². The molecule has 0 bridgehead atoms. The number of rotatable bonds is 6. The Morgan fingerprint density at radius 1 is 1.48 bits per heavy atom. The molecule has 3 rings (SSSR count). The standard InChI is InChI=1S/C15H17ClIN3O3S2/c16-13-6-12(25(21,22)20-15-8-24-9-19-15)1-2-14(13)23-11-3-4-18-10(5-11)7-17/h1-2,6,8-11,18,20H,3-5,7H2/t10-,11-/m0/s1. The summed E-state index contributed by atoms with van der Waals surface area (Å²) in [5.74, 6) is 0.800. The topological polar surface area (TPSA) is 80.3 Å². The first kappa shape index (κ1) is 19.2. The molecule has 6 nitrogen and oxygen atoms in total. The highest BCUT2D eigenvalue weighted by Crippen LogP contribution is 2.30. The Balaban J connectivity index is 1.72. The van der Waals surface area contributed by atoms with Gasteiger partial charge < -0.3 is 10.1 Å². The van der Waals surface area contributed by atoms with Gasteiger partial charge in [-0.1, -0.05) is 34.2 Å². The van der Waals surface area contributed by atoms with Crippen LogP contribution in [0.2, 0.25) is 5.02 Å². The Morgan fingerprint density at radius 3 is 3.00 bits per heavy atom. The lowest BCUT2D eigenvalue weighted by Gasteiger charge is -2.30. The third kappa shape index (κ3) is 4.97. The molecule has 1 aromatic heterocycles. The third-order valence-electron chi connectivity index (χ3n) is 3.81. The lowest BCUT2D eigenvalue weighted by atomic mass is 10.0. The zero-order valence-electron chi connectivity index (χ0n) is 13.1. The SMILES string of the molecule is O=S(=O)(Nc1cscn1)c1ccc(O[C@H]2CCN[C@H](CI)C2)c(Cl)c1. The number of thiazole rings is 1. The lowest BCUT2D eigenvalue weighted by Crippen LogP contribution is -2.43. The predicted octanol–water partition coefficient (Wildman–Crippen LogP) is 3.53. The zero-order valence-corrected chi connectivity index (χ0v) is 17.7. The lowest BCUT2D eigenvalue weighted by molar-refractivity contribution is 0.145. The minimum Gasteiger partial charge on any atom is -0.489 e. The van der Waals surface area contributed by atoms with E-state index >= 15 is 0 Å². The average molecular weight is 514 g/mol. The van der Waals surface area contributed by atoms with Crippen LogP contribution >= 0.6 is 45.5 Å². The van der Waals surface area contributed by atoms with Crippen molar-refractivity contribution in [3.8, 4) is 5.75 Å². The van der Waals surface area contributed by atoms with Crippen LogP contribution in [-0.4, -0.2) is 36.5 Å². The number of sulfonamides is 1. The molecule has 2 atom stereocenters. The van der Waals surface area contributed by atoms with E-state index in [2.05, 4.69) is 37.6 Å². The second kappa shape index (κ2) is 8.38. The van der Waals surface area contributed by atoms with Gasteiger partial charge in [0, 0.05) is 22.3 Å². The molecule has 0 saturated carbocycles. The number of ether oxygens (including phenoxy) is 1. The molecule has 2 aromatic rings. The molecule has 1 aromatic carbocycles. The van der Waals surface area contributed by atoms with Crippen molar-refractivity contribution in [3.63, 3.8) is 0 Å². The Morgan fingerprint density at radius 2 is 2.32 bits per heavy atom. The van der Waals surface area contributed by atoms with Gasteiger partial charge in [-0.3, -0.25) is 4.72 Å². The first-order valence-electron chi connectivity index (χ1n) is 7.64. The molecule has 1 aliphatic rings. The number of halogens is 2. The van der Waals surface area contributed by atoms with Crippen molar-refractivity contribution in [1.82, 2.24) is 10.3 Å². The molecular weight excluding hydrogens is 497 g/mol. The van der Waals surface area contributed by atoms with Gasteiger partial charge in [0.1, 0.15) is 11.9 Å². The Kier molecular flexibility index (Phi) is 6.42. The summed E-state index contributed by atoms with van der Waals surface area (Å²) in [6, 6.07) is 4.94. The van der Waals surface area contributed by atoms with Crippen molar-refractivity contribution in [1.29, 1.82) is 0 Å². The minimum atomic E-state index is -3.73. The normalized spacial score (nSPS) is 21.0. The van der Waals surface area contributed by atoms with E-state index in [0.29, 0.717) is 17.6 Å². The van der Waals surface area contributed by atoms with E-state index < -0.39 is 10.0 Å². The first-order valence-corrected chi connectivity index (χ1v) is 12.0. The summed E-state index contributed by atoms with van der Waals surface area (Å²) in [4.78, 5) is 4.00. The maximum Gasteiger partial charge on any atom is 0.263 e. The second-order valence-corrected chi connectivity index (χ2v) is 9.33. The highest BCUT2D eigenvalue weighted by Gasteiger charge is 2.23. The molecule has 136 valence electrons. The molecule has 2 N–H and O–H groups in total. The van der Waals surface area contributed by atoms with Crippen LogP contribution in [0, 0.1) is 0 Å². The summed E-state index contributed by atoms with van der Waals surface area (Å²) < 4.78 is 34.2. The average Bonchev–Trinajstić information content (AvgIpc) is 3.09. The van der Waals surface area contributed by atoms with Gasteiger partial charge in [-0.05, 0) is 31.2 Å². The van der Waals surface area contributed by atoms with Gasteiger partial charge in [-0.2, -0.15) is 0 Å². The maximum atomic E-state index is 12.4. The number of alkyl halides is 1. The Hall–Kier alpha value is -0.620. The molecule has 0 aliphatic carbocycles. The van der Waals surface area contributed by atoms with Crippen molar-refractivity contribution < 1.29 is 13.2 Å². The van der Waals surface area contributed by atoms with Crippen molar-refractivity contribution in [2.75, 3.05) is 15.7 Å². The molecule has 10 heteroatoms. The van der Waals surface area contributed by atoms with Crippen LogP contribution in [0.4, 0.5) is 5.82 Å². The molecule has 0 spiro atoms. The van der Waals surface area contributed by atoms with Gasteiger partial charge in [-0.25, -0.2) is 13.4 Å². The third-order valence-corrected chi connectivity index (χ3v) is 7.11. The van der Waals surface area contributed by atoms with Crippen LogP contribution in [-0.2, 0) is 10.0 Å². The number of nitrogens with zero attached hydrogens (tertiary/aromatic N) is 1. The fourth-order valence-electron chi connectivity index (χ4n) is 2.57. The van der Waals surface area contributed by atoms with Gasteiger partial charge in [0.15, 0.2) is 5.82 Å². The molecule has 2 heterocycles. The first-order chi connectivity index (χ1) is 12.0. The predicted molar refractivity (Wildman–Crippen MR) is 109 cm³/mol. The largest absolute Gasteiger partial charge is 0.489 e. The van der Waals surface area contributed by atoms with Crippen LogP contribution < -0.4 is 14.8 Å². The monoisotopic (exact) mass is 513 g/mol. The molecule has 1 fully saturated rings. The van der Waals surface area contributed by atoms with Crippen molar-refractivity contribution >= 4 is 61.4 Å². The highest BCUT2D eigenvalue weighted by atomic mass is 127. The van der Waals surface area contributed by atoms with Crippen LogP contribution in [0.15, 0.2) is 34.0 Å². The molecule has 0 amide bonds. The van der Waals surface area contributed by atoms with Gasteiger partial charge in [0.25, 0.3) is 10.0 Å². The van der Waals surface area contributed by atoms with Crippen molar-refractivity contribution in [2.45, 2.75) is 29.9 Å². The van der Waals surface area contributed by atoms with E-state index in [4.69, 9.17) is 16.3 Å². The summed E-state index contributed by atoms with van der Waals surface area (Å²) in [5, 5.41) is 5.34. The van der Waals surface area contributed by atoms with Gasteiger partial charge in [0.2, 0.25) is 0 Å². The van der Waals surface area contributed by atoms with Gasteiger partial charge in [-0.15, -0.1) is 11.3 Å². The number of anilines is 1. The second-order valence-electron chi connectivity index (χ2n) is 5.64. The van der Waals surface area contributed by atoms with E-state index in [1.807, 2.05) is 0 Å². The minimum absolute atomic E-state index is 0.0771. The van der Waals surface area contributed by atoms with Crippen LogP contribution in [0.1, 0.15) is 12.8 Å². The fourth-order valence-corrected chi connectivity index (χ4v) is 5.12.